The topological polar surface area (TPSA) is 126 Å². The number of aryl methyl sites for hydroxylation is 1. The van der Waals surface area contributed by atoms with Gasteiger partial charge in [-0.25, -0.2) is 9.18 Å². The van der Waals surface area contributed by atoms with Crippen molar-refractivity contribution in [1.82, 2.24) is 10.3 Å². The first-order valence-corrected chi connectivity index (χ1v) is 14.4. The first-order valence-electron chi connectivity index (χ1n) is 14.4. The minimum absolute atomic E-state index is 0.147. The van der Waals surface area contributed by atoms with Gasteiger partial charge < -0.3 is 26.1 Å². The number of benzene rings is 4. The van der Waals surface area contributed by atoms with E-state index in [9.17, 15) is 18.8 Å². The lowest BCUT2D eigenvalue weighted by Gasteiger charge is -2.23. The van der Waals surface area contributed by atoms with Crippen LogP contribution in [0.1, 0.15) is 49.5 Å². The lowest BCUT2D eigenvalue weighted by molar-refractivity contribution is 0.0998. The summed E-state index contributed by atoms with van der Waals surface area (Å²) < 4.78 is 18.8. The Balaban J connectivity index is 1.29. The number of carbonyl (C=O) groups is 3. The number of ether oxygens (including phenoxy) is 1. The van der Waals surface area contributed by atoms with Gasteiger partial charge >= 0.3 is 6.09 Å². The van der Waals surface area contributed by atoms with Crippen molar-refractivity contribution in [3.8, 4) is 11.1 Å². The number of amides is 3. The number of hydrogen-bond donors (Lipinski definition) is 4. The molecule has 1 unspecified atom stereocenters. The van der Waals surface area contributed by atoms with Gasteiger partial charge in [-0.15, -0.1) is 0 Å². The summed E-state index contributed by atoms with van der Waals surface area (Å²) in [4.78, 5) is 41.3. The number of halogens is 1. The molecule has 0 spiro atoms. The van der Waals surface area contributed by atoms with Crippen molar-refractivity contribution in [1.29, 1.82) is 0 Å². The molecule has 4 aromatic carbocycles. The molecule has 0 saturated heterocycles. The second-order valence-corrected chi connectivity index (χ2v) is 10.9. The van der Waals surface area contributed by atoms with Crippen molar-refractivity contribution in [3.05, 3.63) is 124 Å². The Morgan fingerprint density at radius 2 is 1.73 bits per heavy atom. The van der Waals surface area contributed by atoms with Crippen LogP contribution in [0, 0.1) is 12.7 Å². The van der Waals surface area contributed by atoms with Gasteiger partial charge in [-0.3, -0.25) is 9.59 Å². The fourth-order valence-corrected chi connectivity index (χ4v) is 5.88. The molecule has 0 fully saturated rings. The van der Waals surface area contributed by atoms with Gasteiger partial charge in [0.2, 0.25) is 0 Å². The summed E-state index contributed by atoms with van der Waals surface area (Å²) in [6, 6.07) is 24.0. The van der Waals surface area contributed by atoms with E-state index < -0.39 is 17.8 Å². The summed E-state index contributed by atoms with van der Waals surface area (Å²) in [6.45, 7) is 2.11. The molecule has 0 saturated carbocycles. The van der Waals surface area contributed by atoms with Crippen molar-refractivity contribution in [2.24, 2.45) is 5.73 Å². The minimum atomic E-state index is -0.545. The molecule has 44 heavy (non-hydrogen) atoms. The Kier molecular flexibility index (Phi) is 7.85. The van der Waals surface area contributed by atoms with Crippen LogP contribution in [0.3, 0.4) is 0 Å². The van der Waals surface area contributed by atoms with Crippen LogP contribution in [-0.2, 0) is 24.2 Å². The van der Waals surface area contributed by atoms with Gasteiger partial charge in [0.25, 0.3) is 11.8 Å². The molecule has 0 radical (unpaired) electrons. The number of H-pyrrole nitrogens is 1. The van der Waals surface area contributed by atoms with Crippen molar-refractivity contribution >= 4 is 34.5 Å². The van der Waals surface area contributed by atoms with Gasteiger partial charge in [0.05, 0.1) is 11.1 Å². The van der Waals surface area contributed by atoms with E-state index in [1.165, 1.54) is 24.3 Å². The third kappa shape index (κ3) is 5.76. The van der Waals surface area contributed by atoms with E-state index in [4.69, 9.17) is 10.5 Å². The number of rotatable bonds is 7. The number of hydrogen-bond acceptors (Lipinski definition) is 4. The van der Waals surface area contributed by atoms with E-state index in [1.807, 2.05) is 61.5 Å². The van der Waals surface area contributed by atoms with Crippen molar-refractivity contribution in [2.75, 3.05) is 5.32 Å². The van der Waals surface area contributed by atoms with Gasteiger partial charge in [0.15, 0.2) is 0 Å². The number of fused-ring (bicyclic) bond motifs is 3. The van der Waals surface area contributed by atoms with Crippen LogP contribution in [0.15, 0.2) is 84.9 Å². The highest BCUT2D eigenvalue weighted by atomic mass is 19.1. The van der Waals surface area contributed by atoms with Crippen LogP contribution < -0.4 is 16.4 Å². The van der Waals surface area contributed by atoms with Crippen LogP contribution in [0.2, 0.25) is 0 Å². The number of nitrogens with two attached hydrogens (primary N) is 1. The zero-order valence-corrected chi connectivity index (χ0v) is 24.1. The normalized spacial score (nSPS) is 14.1. The molecule has 9 heteroatoms. The van der Waals surface area contributed by atoms with Gasteiger partial charge in [-0.1, -0.05) is 48.5 Å². The molecular formula is C35H31FN4O4. The Morgan fingerprint density at radius 1 is 0.955 bits per heavy atom. The van der Waals surface area contributed by atoms with Gasteiger partial charge in [-0.05, 0) is 84.0 Å². The Labute approximate surface area is 253 Å². The zero-order chi connectivity index (χ0) is 30.8. The number of carbonyl (C=O) groups excluding carboxylic acids is 3. The molecule has 1 aliphatic rings. The number of anilines is 1. The summed E-state index contributed by atoms with van der Waals surface area (Å²) in [5, 5.41) is 6.81. The predicted molar refractivity (Wildman–Crippen MR) is 167 cm³/mol. The fraction of sp³-hybridized carbons (Fsp3) is 0.171. The smallest absolute Gasteiger partial charge is 0.407 e. The average molecular weight is 591 g/mol. The monoisotopic (exact) mass is 590 g/mol. The van der Waals surface area contributed by atoms with E-state index >= 15 is 0 Å². The van der Waals surface area contributed by atoms with Gasteiger partial charge in [-0.2, -0.15) is 0 Å². The molecule has 5 N–H and O–H groups in total. The number of aromatic amines is 1. The van der Waals surface area contributed by atoms with E-state index in [2.05, 4.69) is 15.6 Å². The van der Waals surface area contributed by atoms with Crippen LogP contribution in [-0.4, -0.2) is 28.9 Å². The molecule has 5 aromatic rings. The largest absolute Gasteiger partial charge is 0.445 e. The SMILES string of the molecule is Cc1c(NC(=O)c2ccc(F)cc2)cccc1-c1ccc(C(N)=O)c2[nH]c3c(c12)CCC(NC(=O)OCc1ccccc1)C3. The first kappa shape index (κ1) is 28.7. The molecular weight excluding hydrogens is 559 g/mol. The molecule has 1 atom stereocenters. The van der Waals surface area contributed by atoms with Crippen LogP contribution >= 0.6 is 0 Å². The molecule has 0 bridgehead atoms. The Morgan fingerprint density at radius 3 is 2.48 bits per heavy atom. The molecule has 222 valence electrons. The van der Waals surface area contributed by atoms with Crippen LogP contribution in [0.5, 0.6) is 0 Å². The first-order chi connectivity index (χ1) is 21.3. The zero-order valence-electron chi connectivity index (χ0n) is 24.1. The number of nitrogens with one attached hydrogen (secondary N) is 3. The summed E-state index contributed by atoms with van der Waals surface area (Å²) in [6.07, 6.45) is 1.41. The summed E-state index contributed by atoms with van der Waals surface area (Å²) >= 11 is 0. The standard InChI is InChI=1S/C35H31FN4O4/c1-20-25(8-5-9-29(20)40-34(42)22-10-12-23(36)13-11-22)26-16-17-28(33(37)41)32-31(26)27-15-14-24(18-30(27)39-32)38-35(43)44-19-21-6-3-2-4-7-21/h2-13,16-17,24,39H,14-15,18-19H2,1H3,(H2,37,41)(H,38,43)(H,40,42). The second-order valence-electron chi connectivity index (χ2n) is 10.9. The van der Waals surface area contributed by atoms with E-state index in [-0.39, 0.29) is 18.6 Å². The Hall–Kier alpha value is -5.44. The second kappa shape index (κ2) is 12.0. The molecule has 1 aromatic heterocycles. The molecule has 3 amide bonds. The molecule has 8 nitrogen and oxygen atoms in total. The molecule has 0 aliphatic heterocycles. The van der Waals surface area contributed by atoms with Crippen molar-refractivity contribution in [3.63, 3.8) is 0 Å². The Bertz CT molecular complexity index is 1880. The predicted octanol–water partition coefficient (Wildman–Crippen LogP) is 6.42. The minimum Gasteiger partial charge on any atom is -0.445 e. The molecule has 6 rings (SSSR count). The highest BCUT2D eigenvalue weighted by molar-refractivity contribution is 6.11. The van der Waals surface area contributed by atoms with Gasteiger partial charge in [0, 0.05) is 34.8 Å². The number of primary amides is 1. The fourth-order valence-electron chi connectivity index (χ4n) is 5.88. The van der Waals surface area contributed by atoms with Crippen molar-refractivity contribution < 1.29 is 23.5 Å². The maximum Gasteiger partial charge on any atom is 0.407 e. The highest BCUT2D eigenvalue weighted by Gasteiger charge is 2.27. The summed E-state index contributed by atoms with van der Waals surface area (Å²) in [5.74, 6) is -1.31. The number of aromatic nitrogens is 1. The maximum atomic E-state index is 13.4. The number of alkyl carbamates (subject to hydrolysis) is 1. The maximum absolute atomic E-state index is 13.4. The highest BCUT2D eigenvalue weighted by Crippen LogP contribution is 2.40. The third-order valence-corrected chi connectivity index (χ3v) is 8.12. The molecule has 1 aliphatic carbocycles. The van der Waals surface area contributed by atoms with Gasteiger partial charge in [0.1, 0.15) is 12.4 Å². The van der Waals surface area contributed by atoms with Crippen molar-refractivity contribution in [2.45, 2.75) is 38.8 Å². The summed E-state index contributed by atoms with van der Waals surface area (Å²) in [7, 11) is 0. The van der Waals surface area contributed by atoms with E-state index in [0.717, 1.165) is 38.9 Å². The van der Waals surface area contributed by atoms with Crippen LogP contribution in [0.4, 0.5) is 14.9 Å². The quantitative estimate of drug-likeness (QED) is 0.175. The summed E-state index contributed by atoms with van der Waals surface area (Å²) in [5.41, 5.74) is 13.3. The average Bonchev–Trinajstić information content (AvgIpc) is 3.40. The van der Waals surface area contributed by atoms with Crippen LogP contribution in [0.25, 0.3) is 22.0 Å². The molecule has 1 heterocycles. The van der Waals surface area contributed by atoms with E-state index in [0.29, 0.717) is 41.6 Å². The third-order valence-electron chi connectivity index (χ3n) is 8.12. The van der Waals surface area contributed by atoms with E-state index in [1.54, 1.807) is 6.07 Å². The lowest BCUT2D eigenvalue weighted by atomic mass is 9.87. The lowest BCUT2D eigenvalue weighted by Crippen LogP contribution is -2.39.